The first-order valence-electron chi connectivity index (χ1n) is 8.25. The van der Waals surface area contributed by atoms with Crippen LogP contribution in [0.3, 0.4) is 0 Å². The number of aromatic nitrogens is 2. The third-order valence-electron chi connectivity index (χ3n) is 4.79. The van der Waals surface area contributed by atoms with Gasteiger partial charge in [0.2, 0.25) is 0 Å². The molecule has 1 saturated heterocycles. The smallest absolute Gasteiger partial charge is 0.0948 e. The molecule has 0 aromatic carbocycles. The molecule has 4 nitrogen and oxygen atoms in total. The molecule has 2 aliphatic rings. The molecule has 1 saturated carbocycles. The van der Waals surface area contributed by atoms with Gasteiger partial charge in [-0.15, -0.1) is 0 Å². The maximum atomic E-state index is 4.44. The molecular weight excluding hydrogens is 248 g/mol. The first-order valence-corrected chi connectivity index (χ1v) is 8.25. The average molecular weight is 276 g/mol. The topological polar surface area (TPSA) is 33.1 Å². The van der Waals surface area contributed by atoms with Crippen molar-refractivity contribution in [1.29, 1.82) is 0 Å². The molecule has 2 fully saturated rings. The minimum absolute atomic E-state index is 0.567. The quantitative estimate of drug-likeness (QED) is 0.866. The van der Waals surface area contributed by atoms with E-state index in [9.17, 15) is 0 Å². The number of imidazole rings is 1. The average Bonchev–Trinajstić information content (AvgIpc) is 3.20. The summed E-state index contributed by atoms with van der Waals surface area (Å²) in [5.74, 6) is 0.724. The normalized spacial score (nSPS) is 27.9. The number of rotatable bonds is 6. The Morgan fingerprint density at radius 2 is 2.20 bits per heavy atom. The molecule has 0 amide bonds. The van der Waals surface area contributed by atoms with Crippen molar-refractivity contribution in [2.24, 2.45) is 5.92 Å². The molecule has 2 unspecified atom stereocenters. The Balaban J connectivity index is 1.87. The van der Waals surface area contributed by atoms with E-state index in [-0.39, 0.29) is 0 Å². The zero-order chi connectivity index (χ0) is 13.9. The maximum Gasteiger partial charge on any atom is 0.0948 e. The lowest BCUT2D eigenvalue weighted by Gasteiger charge is -2.42. The van der Waals surface area contributed by atoms with Crippen LogP contribution in [0.2, 0.25) is 0 Å². The summed E-state index contributed by atoms with van der Waals surface area (Å²) >= 11 is 0. The van der Waals surface area contributed by atoms with E-state index in [0.29, 0.717) is 6.04 Å². The summed E-state index contributed by atoms with van der Waals surface area (Å²) < 4.78 is 2.38. The van der Waals surface area contributed by atoms with E-state index in [1.165, 1.54) is 44.3 Å². The zero-order valence-electron chi connectivity index (χ0n) is 12.9. The number of nitrogens with zero attached hydrogens (tertiary/aromatic N) is 3. The van der Waals surface area contributed by atoms with Crippen LogP contribution in [-0.2, 0) is 6.54 Å². The van der Waals surface area contributed by atoms with Gasteiger partial charge < -0.3 is 9.88 Å². The maximum absolute atomic E-state index is 4.44. The van der Waals surface area contributed by atoms with Crippen LogP contribution in [0.5, 0.6) is 0 Å². The number of likely N-dealkylation sites (tertiary alicyclic amines) is 1. The molecule has 20 heavy (non-hydrogen) atoms. The molecule has 0 radical (unpaired) electrons. The van der Waals surface area contributed by atoms with E-state index >= 15 is 0 Å². The van der Waals surface area contributed by atoms with Gasteiger partial charge in [0, 0.05) is 18.8 Å². The summed E-state index contributed by atoms with van der Waals surface area (Å²) in [7, 11) is 2.08. The predicted molar refractivity (Wildman–Crippen MR) is 81.6 cm³/mol. The molecule has 112 valence electrons. The summed E-state index contributed by atoms with van der Waals surface area (Å²) in [5.41, 5.74) is 1.44. The Hall–Kier alpha value is -0.870. The van der Waals surface area contributed by atoms with Gasteiger partial charge in [-0.05, 0) is 58.2 Å². The minimum Gasteiger partial charge on any atom is -0.333 e. The molecule has 4 heteroatoms. The van der Waals surface area contributed by atoms with E-state index in [2.05, 4.69) is 39.9 Å². The highest BCUT2D eigenvalue weighted by molar-refractivity contribution is 5.11. The molecule has 2 heterocycles. The zero-order valence-corrected chi connectivity index (χ0v) is 12.9. The largest absolute Gasteiger partial charge is 0.333 e. The van der Waals surface area contributed by atoms with Crippen molar-refractivity contribution in [2.45, 2.75) is 57.7 Å². The summed E-state index contributed by atoms with van der Waals surface area (Å²) in [4.78, 5) is 7.21. The molecule has 2 atom stereocenters. The van der Waals surface area contributed by atoms with E-state index in [1.807, 2.05) is 6.33 Å². The van der Waals surface area contributed by atoms with Crippen LogP contribution < -0.4 is 5.32 Å². The molecule has 0 bridgehead atoms. The molecular formula is C16H28N4. The van der Waals surface area contributed by atoms with Crippen molar-refractivity contribution in [2.75, 3.05) is 20.1 Å². The first-order chi connectivity index (χ1) is 9.85. The van der Waals surface area contributed by atoms with Crippen LogP contribution in [0.15, 0.2) is 12.5 Å². The lowest BCUT2D eigenvalue weighted by atomic mass is 9.86. The van der Waals surface area contributed by atoms with E-state index in [4.69, 9.17) is 0 Å². The Morgan fingerprint density at radius 3 is 2.90 bits per heavy atom. The van der Waals surface area contributed by atoms with Gasteiger partial charge in [-0.1, -0.05) is 6.92 Å². The molecule has 1 aromatic rings. The van der Waals surface area contributed by atoms with Gasteiger partial charge >= 0.3 is 0 Å². The van der Waals surface area contributed by atoms with Crippen LogP contribution >= 0.6 is 0 Å². The van der Waals surface area contributed by atoms with Crippen molar-refractivity contribution in [3.63, 3.8) is 0 Å². The second-order valence-electron chi connectivity index (χ2n) is 6.39. The van der Waals surface area contributed by atoms with E-state index in [0.717, 1.165) is 25.0 Å². The highest BCUT2D eigenvalue weighted by Gasteiger charge is 2.41. The van der Waals surface area contributed by atoms with Gasteiger partial charge in [-0.2, -0.15) is 0 Å². The molecule has 1 aliphatic carbocycles. The summed E-state index contributed by atoms with van der Waals surface area (Å²) in [5, 5.41) is 3.40. The molecule has 1 aromatic heterocycles. The Labute approximate surface area is 122 Å². The van der Waals surface area contributed by atoms with Crippen LogP contribution in [0, 0.1) is 5.92 Å². The minimum atomic E-state index is 0.567. The van der Waals surface area contributed by atoms with Gasteiger partial charge in [0.25, 0.3) is 0 Å². The molecule has 1 N–H and O–H groups in total. The fourth-order valence-electron chi connectivity index (χ4n) is 3.81. The Morgan fingerprint density at radius 1 is 1.35 bits per heavy atom. The first kappa shape index (κ1) is 14.1. The van der Waals surface area contributed by atoms with Gasteiger partial charge in [0.15, 0.2) is 0 Å². The van der Waals surface area contributed by atoms with Gasteiger partial charge in [-0.3, -0.25) is 4.90 Å². The lowest BCUT2D eigenvalue weighted by molar-refractivity contribution is 0.0789. The van der Waals surface area contributed by atoms with Crippen molar-refractivity contribution in [1.82, 2.24) is 19.8 Å². The third-order valence-corrected chi connectivity index (χ3v) is 4.79. The van der Waals surface area contributed by atoms with Crippen LogP contribution in [-0.4, -0.2) is 40.6 Å². The summed E-state index contributed by atoms with van der Waals surface area (Å²) in [6.45, 7) is 5.73. The molecule has 0 spiro atoms. The highest BCUT2D eigenvalue weighted by Crippen LogP contribution is 2.42. The van der Waals surface area contributed by atoms with E-state index in [1.54, 1.807) is 0 Å². The molecule has 3 rings (SSSR count). The van der Waals surface area contributed by atoms with Crippen LogP contribution in [0.1, 0.15) is 50.8 Å². The monoisotopic (exact) mass is 276 g/mol. The predicted octanol–water partition coefficient (Wildman–Crippen LogP) is 2.43. The third kappa shape index (κ3) is 2.77. The van der Waals surface area contributed by atoms with Crippen molar-refractivity contribution in [3.8, 4) is 0 Å². The van der Waals surface area contributed by atoms with Gasteiger partial charge in [-0.25, -0.2) is 4.98 Å². The number of nitrogens with one attached hydrogen (secondary N) is 1. The van der Waals surface area contributed by atoms with Crippen LogP contribution in [0.25, 0.3) is 0 Å². The fraction of sp³-hybridized carbons (Fsp3) is 0.812. The fourth-order valence-corrected chi connectivity index (χ4v) is 3.81. The summed E-state index contributed by atoms with van der Waals surface area (Å²) in [6.07, 6.45) is 10.8. The summed E-state index contributed by atoms with van der Waals surface area (Å²) in [6, 6.07) is 1.40. The lowest BCUT2D eigenvalue weighted by Crippen LogP contribution is -2.44. The van der Waals surface area contributed by atoms with Crippen molar-refractivity contribution < 1.29 is 0 Å². The number of hydrogen-bond donors (Lipinski definition) is 1. The Bertz CT molecular complexity index is 422. The van der Waals surface area contributed by atoms with Gasteiger partial charge in [0.05, 0.1) is 18.1 Å². The van der Waals surface area contributed by atoms with Crippen molar-refractivity contribution in [3.05, 3.63) is 18.2 Å². The second-order valence-corrected chi connectivity index (χ2v) is 6.39. The van der Waals surface area contributed by atoms with Crippen LogP contribution in [0.4, 0.5) is 0 Å². The number of hydrogen-bond acceptors (Lipinski definition) is 3. The standard InChI is InChI=1S/C16H28N4/c1-3-8-19-12-18-11-15(19)16-13(10-17-2)5-4-9-20(16)14-6-7-14/h11-14,16-17H,3-10H2,1-2H3. The Kier molecular flexibility index (Phi) is 4.41. The van der Waals surface area contributed by atoms with E-state index < -0.39 is 0 Å². The number of aryl methyl sites for hydroxylation is 1. The van der Waals surface area contributed by atoms with Gasteiger partial charge in [0.1, 0.15) is 0 Å². The van der Waals surface area contributed by atoms with Crippen molar-refractivity contribution >= 4 is 0 Å². The number of piperidine rings is 1. The molecule has 1 aliphatic heterocycles. The SMILES string of the molecule is CCCn1cncc1C1C(CNC)CCCN1C1CC1. The highest BCUT2D eigenvalue weighted by atomic mass is 15.2. The second kappa shape index (κ2) is 6.27.